The number of unbranched alkanes of at least 4 members (excludes halogenated alkanes) is 1. The first kappa shape index (κ1) is 26.2. The molecule has 186 valence electrons. The van der Waals surface area contributed by atoms with Gasteiger partial charge in [0.05, 0.1) is 40.1 Å². The summed E-state index contributed by atoms with van der Waals surface area (Å²) in [6, 6.07) is 5.58. The van der Waals surface area contributed by atoms with Crippen molar-refractivity contribution in [2.45, 2.75) is 59.2 Å². The maximum absolute atomic E-state index is 11.0. The fourth-order valence-electron chi connectivity index (χ4n) is 4.78. The lowest BCUT2D eigenvalue weighted by Gasteiger charge is -2.33. The van der Waals surface area contributed by atoms with Gasteiger partial charge < -0.3 is 29.9 Å². The smallest absolute Gasteiger partial charge is 0.125 e. The quantitative estimate of drug-likeness (QED) is 0.406. The van der Waals surface area contributed by atoms with Gasteiger partial charge in [-0.1, -0.05) is 26.7 Å². The molecule has 1 unspecified atom stereocenters. The molecule has 0 saturated heterocycles. The summed E-state index contributed by atoms with van der Waals surface area (Å²) in [6.07, 6.45) is 1.92. The molecule has 3 aromatic carbocycles. The van der Waals surface area contributed by atoms with Crippen LogP contribution in [0.4, 0.5) is 0 Å². The van der Waals surface area contributed by atoms with Gasteiger partial charge in [0.2, 0.25) is 0 Å². The molecule has 0 bridgehead atoms. The number of hydrogen-bond acceptors (Lipinski definition) is 7. The van der Waals surface area contributed by atoms with Gasteiger partial charge in [-0.3, -0.25) is 4.90 Å². The Labute approximate surface area is 201 Å². The van der Waals surface area contributed by atoms with E-state index in [2.05, 4.69) is 18.7 Å². The van der Waals surface area contributed by atoms with Crippen molar-refractivity contribution in [3.63, 3.8) is 0 Å². The fourth-order valence-corrected chi connectivity index (χ4v) is 4.78. The SMILES string of the molecule is CCCC.COc1cc2c3c(c4cc(OC)c(CO)c(CO)c4c2cc1CO)C(O)CN(C)C3. The molecule has 0 amide bonds. The van der Waals surface area contributed by atoms with Crippen LogP contribution in [0.15, 0.2) is 18.2 Å². The summed E-state index contributed by atoms with van der Waals surface area (Å²) in [5, 5.41) is 44.4. The van der Waals surface area contributed by atoms with Crippen molar-refractivity contribution in [2.24, 2.45) is 0 Å². The van der Waals surface area contributed by atoms with Crippen LogP contribution in [0, 0.1) is 0 Å². The van der Waals surface area contributed by atoms with E-state index in [1.54, 1.807) is 7.11 Å². The first-order valence-electron chi connectivity index (χ1n) is 11.8. The van der Waals surface area contributed by atoms with Crippen molar-refractivity contribution in [3.05, 3.63) is 46.0 Å². The second-order valence-electron chi connectivity index (χ2n) is 8.75. The van der Waals surface area contributed by atoms with Crippen LogP contribution in [-0.2, 0) is 26.4 Å². The maximum Gasteiger partial charge on any atom is 0.125 e. The van der Waals surface area contributed by atoms with Crippen LogP contribution >= 0.6 is 0 Å². The number of aliphatic hydroxyl groups excluding tert-OH is 4. The number of benzene rings is 3. The monoisotopic (exact) mass is 471 g/mol. The van der Waals surface area contributed by atoms with Crippen molar-refractivity contribution in [1.29, 1.82) is 0 Å². The molecular formula is C27H37NO6. The highest BCUT2D eigenvalue weighted by Gasteiger charge is 2.29. The molecule has 1 atom stereocenters. The number of likely N-dealkylation sites (N-methyl/N-ethyl adjacent to an activating group) is 1. The van der Waals surface area contributed by atoms with E-state index in [-0.39, 0.29) is 19.8 Å². The van der Waals surface area contributed by atoms with Crippen molar-refractivity contribution in [3.8, 4) is 11.5 Å². The zero-order valence-corrected chi connectivity index (χ0v) is 20.8. The van der Waals surface area contributed by atoms with Crippen LogP contribution in [0.5, 0.6) is 11.5 Å². The number of β-amino-alcohol motifs (C(OH)–C–C–N with tert-alkyl or cyclic N) is 1. The lowest BCUT2D eigenvalue weighted by molar-refractivity contribution is 0.110. The molecule has 34 heavy (non-hydrogen) atoms. The van der Waals surface area contributed by atoms with Crippen molar-refractivity contribution in [1.82, 2.24) is 4.90 Å². The average Bonchev–Trinajstić information content (AvgIpc) is 2.86. The second-order valence-corrected chi connectivity index (χ2v) is 8.75. The first-order chi connectivity index (χ1) is 16.4. The third-order valence-electron chi connectivity index (χ3n) is 6.59. The van der Waals surface area contributed by atoms with Gasteiger partial charge in [0.1, 0.15) is 11.5 Å². The molecule has 4 N–H and O–H groups in total. The summed E-state index contributed by atoms with van der Waals surface area (Å²) >= 11 is 0. The fraction of sp³-hybridized carbons (Fsp3) is 0.481. The molecule has 0 radical (unpaired) electrons. The molecule has 0 spiro atoms. The predicted molar refractivity (Wildman–Crippen MR) is 134 cm³/mol. The number of ether oxygens (including phenoxy) is 2. The van der Waals surface area contributed by atoms with Crippen molar-refractivity contribution >= 4 is 21.5 Å². The zero-order chi connectivity index (χ0) is 25.0. The Balaban J connectivity index is 0.000000751. The van der Waals surface area contributed by atoms with Gasteiger partial charge in [-0.05, 0) is 63.5 Å². The Kier molecular flexibility index (Phi) is 8.73. The number of hydrogen-bond donors (Lipinski definition) is 4. The summed E-state index contributed by atoms with van der Waals surface area (Å²) in [5.41, 5.74) is 3.47. The number of rotatable bonds is 6. The van der Waals surface area contributed by atoms with Gasteiger partial charge in [-0.15, -0.1) is 0 Å². The summed E-state index contributed by atoms with van der Waals surface area (Å²) in [5.74, 6) is 1.04. The number of aliphatic hydroxyl groups is 4. The molecule has 3 aromatic rings. The van der Waals surface area contributed by atoms with Crippen LogP contribution in [0.3, 0.4) is 0 Å². The van der Waals surface area contributed by atoms with E-state index in [0.717, 1.165) is 32.7 Å². The first-order valence-corrected chi connectivity index (χ1v) is 11.8. The molecule has 0 aromatic heterocycles. The Morgan fingerprint density at radius 3 is 2.00 bits per heavy atom. The Bertz CT molecular complexity index is 1160. The molecule has 4 rings (SSSR count). The summed E-state index contributed by atoms with van der Waals surface area (Å²) < 4.78 is 11.0. The second kappa shape index (κ2) is 11.3. The minimum Gasteiger partial charge on any atom is -0.496 e. The number of nitrogens with zero attached hydrogens (tertiary/aromatic N) is 1. The molecule has 1 aliphatic rings. The van der Waals surface area contributed by atoms with Gasteiger partial charge in [0, 0.05) is 24.2 Å². The summed E-state index contributed by atoms with van der Waals surface area (Å²) in [7, 11) is 5.03. The van der Waals surface area contributed by atoms with Crippen LogP contribution in [-0.4, -0.2) is 53.1 Å². The van der Waals surface area contributed by atoms with E-state index in [1.807, 2.05) is 25.2 Å². The van der Waals surface area contributed by atoms with Gasteiger partial charge in [-0.25, -0.2) is 0 Å². The third kappa shape index (κ3) is 4.59. The summed E-state index contributed by atoms with van der Waals surface area (Å²) in [6.45, 7) is 4.70. The van der Waals surface area contributed by atoms with Gasteiger partial charge in [-0.2, -0.15) is 0 Å². The molecule has 7 nitrogen and oxygen atoms in total. The Morgan fingerprint density at radius 1 is 0.853 bits per heavy atom. The van der Waals surface area contributed by atoms with Crippen molar-refractivity contribution < 1.29 is 29.9 Å². The van der Waals surface area contributed by atoms with Crippen LogP contribution < -0.4 is 9.47 Å². The maximum atomic E-state index is 11.0. The van der Waals surface area contributed by atoms with E-state index in [0.29, 0.717) is 41.3 Å². The molecule has 0 saturated carbocycles. The molecule has 1 aliphatic heterocycles. The number of fused-ring (bicyclic) bond motifs is 6. The normalized spacial score (nSPS) is 15.7. The minimum atomic E-state index is -0.717. The third-order valence-corrected chi connectivity index (χ3v) is 6.59. The number of methoxy groups -OCH3 is 2. The zero-order valence-electron chi connectivity index (χ0n) is 20.8. The largest absolute Gasteiger partial charge is 0.496 e. The topological polar surface area (TPSA) is 103 Å². The van der Waals surface area contributed by atoms with E-state index < -0.39 is 6.10 Å². The van der Waals surface area contributed by atoms with Crippen LogP contribution in [0.2, 0.25) is 0 Å². The molecular weight excluding hydrogens is 434 g/mol. The van der Waals surface area contributed by atoms with Crippen LogP contribution in [0.1, 0.15) is 60.6 Å². The highest BCUT2D eigenvalue weighted by molar-refractivity contribution is 6.14. The molecule has 0 aliphatic carbocycles. The summed E-state index contributed by atoms with van der Waals surface area (Å²) in [4.78, 5) is 2.05. The van der Waals surface area contributed by atoms with Gasteiger partial charge >= 0.3 is 0 Å². The van der Waals surface area contributed by atoms with E-state index in [1.165, 1.54) is 20.0 Å². The van der Waals surface area contributed by atoms with E-state index in [9.17, 15) is 20.4 Å². The van der Waals surface area contributed by atoms with Gasteiger partial charge in [0.25, 0.3) is 0 Å². The lowest BCUT2D eigenvalue weighted by Crippen LogP contribution is -2.30. The van der Waals surface area contributed by atoms with Gasteiger partial charge in [0.15, 0.2) is 0 Å². The molecule has 1 heterocycles. The Hall–Kier alpha value is -2.42. The Morgan fingerprint density at radius 2 is 1.47 bits per heavy atom. The minimum absolute atomic E-state index is 0.197. The molecule has 7 heteroatoms. The van der Waals surface area contributed by atoms with E-state index >= 15 is 0 Å². The van der Waals surface area contributed by atoms with E-state index in [4.69, 9.17) is 9.47 Å². The van der Waals surface area contributed by atoms with Crippen LogP contribution in [0.25, 0.3) is 21.5 Å². The highest BCUT2D eigenvalue weighted by atomic mass is 16.5. The standard InChI is InChI=1S/C23H27NO6.C4H10/c1-24-7-16-13-5-20(29-2)12(9-25)4-14(13)22-15(23(16)19(28)8-24)6-21(30-3)17(10-26)18(22)11-27;1-3-4-2/h4-6,19,25-28H,7-11H2,1-3H3;3-4H2,1-2H3. The van der Waals surface area contributed by atoms with Crippen molar-refractivity contribution in [2.75, 3.05) is 27.8 Å². The highest BCUT2D eigenvalue weighted by Crippen LogP contribution is 2.45. The molecule has 0 fully saturated rings. The average molecular weight is 472 g/mol. The predicted octanol–water partition coefficient (Wildman–Crippen LogP) is 3.77. The lowest BCUT2D eigenvalue weighted by atomic mass is 9.83.